The molecule has 1 unspecified atom stereocenters. The van der Waals surface area contributed by atoms with Crippen LogP contribution in [0, 0.1) is 12.0 Å². The Bertz CT molecular complexity index is 1180. The quantitative estimate of drug-likeness (QED) is 0.211. The third-order valence-electron chi connectivity index (χ3n) is 5.92. The fraction of sp³-hybridized carbons (Fsp3) is 0.435. The van der Waals surface area contributed by atoms with Crippen LogP contribution in [-0.4, -0.2) is 71.2 Å². The number of halogens is 4. The summed E-state index contributed by atoms with van der Waals surface area (Å²) in [5.41, 5.74) is 0.703. The number of nitrogens with zero attached hydrogens (tertiary/aromatic N) is 2. The predicted molar refractivity (Wildman–Crippen MR) is 126 cm³/mol. The van der Waals surface area contributed by atoms with E-state index in [9.17, 15) is 22.4 Å². The molecule has 0 saturated carbocycles. The zero-order valence-electron chi connectivity index (χ0n) is 19.7. The van der Waals surface area contributed by atoms with Crippen molar-refractivity contribution in [3.63, 3.8) is 0 Å². The average molecular weight is 587 g/mol. The van der Waals surface area contributed by atoms with Crippen LogP contribution in [0.15, 0.2) is 29.9 Å². The normalized spacial score (nSPS) is 21.6. The Morgan fingerprint density at radius 2 is 2.05 bits per heavy atom. The van der Waals surface area contributed by atoms with Crippen molar-refractivity contribution in [2.75, 3.05) is 32.0 Å². The van der Waals surface area contributed by atoms with Gasteiger partial charge in [-0.3, -0.25) is 0 Å². The van der Waals surface area contributed by atoms with Crippen LogP contribution < -0.4 is 20.1 Å². The molecular weight excluding hydrogens is 563 g/mol. The molecule has 2 atom stereocenters. The first-order valence-electron chi connectivity index (χ1n) is 11.0. The van der Waals surface area contributed by atoms with Gasteiger partial charge < -0.3 is 14.9 Å². The van der Waals surface area contributed by atoms with Crippen molar-refractivity contribution in [3.8, 4) is 11.5 Å². The van der Waals surface area contributed by atoms with E-state index >= 15 is 0 Å². The minimum absolute atomic E-state index is 0. The molecule has 2 aromatic rings. The van der Waals surface area contributed by atoms with Crippen LogP contribution in [-0.2, 0) is 19.8 Å². The number of piperidine rings is 1. The number of amides is 1. The van der Waals surface area contributed by atoms with Crippen LogP contribution >= 0.6 is 11.3 Å². The number of likely N-dealkylation sites (N-methyl/N-ethyl adjacent to an activating group) is 1. The van der Waals surface area contributed by atoms with Gasteiger partial charge in [-0.1, -0.05) is 0 Å². The van der Waals surface area contributed by atoms with Gasteiger partial charge in [0.25, 0.3) is 0 Å². The number of likely N-dealkylation sites (tertiary alicyclic amines) is 1. The number of hydrogen-bond donors (Lipinski definition) is 2. The number of nitrogens with one attached hydrogen (secondary N) is 2. The Hall–Kier alpha value is -2.38. The number of fused-ring (bicyclic) bond motifs is 2. The number of thiazole rings is 1. The molecule has 1 saturated heterocycles. The summed E-state index contributed by atoms with van der Waals surface area (Å²) in [4.78, 5) is 20.2. The number of anilines is 1. The van der Waals surface area contributed by atoms with Crippen LogP contribution in [0.3, 0.4) is 0 Å². The molecule has 0 spiro atoms. The number of alkyl halides is 4. The van der Waals surface area contributed by atoms with Gasteiger partial charge in [0, 0.05) is 12.1 Å². The third kappa shape index (κ3) is 6.55. The molecule has 3 N–H and O–H groups in total. The van der Waals surface area contributed by atoms with Gasteiger partial charge in [-0.15, -0.1) is 8.78 Å². The van der Waals surface area contributed by atoms with Crippen LogP contribution in [0.1, 0.15) is 13.3 Å². The summed E-state index contributed by atoms with van der Waals surface area (Å²) in [6.07, 6.45) is 1.78. The fourth-order valence-corrected chi connectivity index (χ4v) is 5.09. The van der Waals surface area contributed by atoms with Crippen molar-refractivity contribution in [2.45, 2.75) is 31.6 Å². The number of ether oxygens (including phenoxy) is 2. The second-order valence-corrected chi connectivity index (χ2v) is 9.69. The summed E-state index contributed by atoms with van der Waals surface area (Å²) in [7, 11) is 1.72. The largest absolute Gasteiger partial charge is 0.870 e. The van der Waals surface area contributed by atoms with Crippen molar-refractivity contribution in [1.29, 1.82) is 0 Å². The number of aromatic nitrogens is 1. The maximum Gasteiger partial charge on any atom is -0.870 e. The smallest absolute Gasteiger partial charge is 0.870 e. The molecule has 37 heavy (non-hydrogen) atoms. The number of carbonyl (C=O) groups is 1. The number of benzene rings is 1. The maximum absolute atomic E-state index is 14.8. The number of carbonyl (C=O) groups excluding carboxylic acids is 1. The predicted octanol–water partition coefficient (Wildman–Crippen LogP) is 3.58. The molecule has 1 fully saturated rings. The summed E-state index contributed by atoms with van der Waals surface area (Å²) in [6, 6.07) is 1.94. The minimum atomic E-state index is -3.74. The second-order valence-electron chi connectivity index (χ2n) is 8.33. The van der Waals surface area contributed by atoms with Crippen LogP contribution in [0.5, 0.6) is 11.5 Å². The Balaban J connectivity index is 0.00000380. The summed E-state index contributed by atoms with van der Waals surface area (Å²) in [6.45, 7) is 2.01. The summed E-state index contributed by atoms with van der Waals surface area (Å²) < 4.78 is 65.6. The average Bonchev–Trinajstić information content (AvgIpc) is 3.32. The molecule has 1 aromatic heterocycles. The molecule has 206 valence electrons. The minimum Gasteiger partial charge on any atom is -0.870 e. The number of allylic oxidation sites excluding steroid dienone is 2. The zero-order valence-corrected chi connectivity index (χ0v) is 21.5. The summed E-state index contributed by atoms with van der Waals surface area (Å²) in [5.74, 6) is -4.81. The second kappa shape index (κ2) is 11.6. The Labute approximate surface area is 221 Å². The van der Waals surface area contributed by atoms with Crippen LogP contribution in [0.25, 0.3) is 10.2 Å². The first kappa shape index (κ1) is 29.2. The van der Waals surface area contributed by atoms with E-state index in [0.29, 0.717) is 22.3 Å². The van der Waals surface area contributed by atoms with Crippen molar-refractivity contribution >= 4 is 37.6 Å². The molecular formula is C23H24F4N4NiO4S-2. The van der Waals surface area contributed by atoms with Gasteiger partial charge in [-0.05, 0) is 0 Å². The first-order valence-corrected chi connectivity index (χ1v) is 12.4. The number of hydrogen-bond acceptors (Lipinski definition) is 8. The molecule has 8 nitrogen and oxygen atoms in total. The van der Waals surface area contributed by atoms with Gasteiger partial charge in [0.05, 0.1) is 0 Å². The molecule has 0 aliphatic carbocycles. The molecule has 0 radical (unpaired) electrons. The molecule has 1 aromatic carbocycles. The Morgan fingerprint density at radius 3 is 2.73 bits per heavy atom. The van der Waals surface area contributed by atoms with Gasteiger partial charge >= 0.3 is 175 Å². The topological polar surface area (TPSA) is 106 Å². The van der Waals surface area contributed by atoms with E-state index in [2.05, 4.69) is 46.2 Å². The first-order chi connectivity index (χ1) is 17.0. The van der Waals surface area contributed by atoms with Crippen molar-refractivity contribution < 1.29 is 52.3 Å². The van der Waals surface area contributed by atoms with Gasteiger partial charge in [-0.25, -0.2) is 0 Å². The van der Waals surface area contributed by atoms with Gasteiger partial charge in [0.1, 0.15) is 0 Å². The standard InChI is InChI=1S/C23H23F4N4O3S.Ni.H2O/c1-4-14(6-5-8-28-3)15-12-31(9-7-22(15,24)25)13(2)20(32)30-21-29-16-10-17-18(11-19(16)35-21)34-23(26,27)33-17;;/h1,4,6,10-11,13,15,28H,7-9,12H2,2-3H3,(H,29,30,32);;1H2/q-1;;/p-1/b14-4+;;/t13-,15?;;/m0../s1. The Morgan fingerprint density at radius 1 is 1.35 bits per heavy atom. The fourth-order valence-electron chi connectivity index (χ4n) is 4.03. The molecule has 2 aliphatic heterocycles. The molecule has 1 amide bonds. The van der Waals surface area contributed by atoms with Crippen molar-refractivity contribution in [2.24, 2.45) is 5.92 Å². The van der Waals surface area contributed by atoms with E-state index < -0.39 is 36.5 Å². The summed E-state index contributed by atoms with van der Waals surface area (Å²) >= 11 is 5.63. The van der Waals surface area contributed by atoms with Gasteiger partial charge in [0.15, 0.2) is 11.5 Å². The van der Waals surface area contributed by atoms with Crippen molar-refractivity contribution in [3.05, 3.63) is 35.9 Å². The molecule has 14 heteroatoms. The van der Waals surface area contributed by atoms with Gasteiger partial charge in [0.2, 0.25) is 0 Å². The van der Waals surface area contributed by atoms with E-state index in [1.54, 1.807) is 18.9 Å². The monoisotopic (exact) mass is 586 g/mol. The third-order valence-corrected chi connectivity index (χ3v) is 7.02. The Kier molecular flexibility index (Phi) is 9.12. The molecule has 4 rings (SSSR count). The van der Waals surface area contributed by atoms with E-state index in [1.165, 1.54) is 29.3 Å². The van der Waals surface area contributed by atoms with Crippen molar-refractivity contribution in [1.82, 2.24) is 15.2 Å². The van der Waals surface area contributed by atoms with Crippen LogP contribution in [0.4, 0.5) is 22.7 Å². The summed E-state index contributed by atoms with van der Waals surface area (Å²) in [5, 5.41) is 5.81. The number of rotatable bonds is 8. The maximum atomic E-state index is 14.8. The van der Waals surface area contributed by atoms with Crippen LogP contribution in [0.2, 0.25) is 0 Å². The SMILES string of the molecule is CNC[C-]=C/C(=C\[CH]=[Ni])C1CN([C@@H](C)C(=O)Nc2nc3cc4c(cc3s2)OC(F)(F)O4)CCC1(F)F.[OH-]. The molecule has 2 aliphatic rings. The van der Waals surface area contributed by atoms with E-state index in [0.717, 1.165) is 11.3 Å². The molecule has 3 heterocycles. The van der Waals surface area contributed by atoms with E-state index in [4.69, 9.17) is 0 Å². The van der Waals surface area contributed by atoms with E-state index in [-0.39, 0.29) is 35.2 Å². The van der Waals surface area contributed by atoms with Gasteiger partial charge in [-0.2, -0.15) is 0 Å². The molecule has 0 bridgehead atoms. The zero-order chi connectivity index (χ0) is 26.1. The van der Waals surface area contributed by atoms with E-state index in [1.807, 2.05) is 0 Å².